The number of fused-ring (bicyclic) bond motifs is 3. The molecule has 1 aromatic carbocycles. The molecule has 0 bridgehead atoms. The highest BCUT2D eigenvalue weighted by molar-refractivity contribution is 7.91. The van der Waals surface area contributed by atoms with Gasteiger partial charge in [0.05, 0.1) is 30.1 Å². The van der Waals surface area contributed by atoms with Gasteiger partial charge in [-0.05, 0) is 31.4 Å². The Hall–Kier alpha value is -2.55. The summed E-state index contributed by atoms with van der Waals surface area (Å²) in [7, 11) is -3.10. The zero-order valence-corrected chi connectivity index (χ0v) is 16.6. The molecule has 0 aliphatic carbocycles. The molecule has 0 unspecified atom stereocenters. The predicted molar refractivity (Wildman–Crippen MR) is 106 cm³/mol. The van der Waals surface area contributed by atoms with Crippen molar-refractivity contribution in [3.8, 4) is 0 Å². The monoisotopic (exact) mass is 404 g/mol. The van der Waals surface area contributed by atoms with Crippen LogP contribution in [0, 0.1) is 0 Å². The van der Waals surface area contributed by atoms with Gasteiger partial charge in [0.2, 0.25) is 5.91 Å². The number of hydrogen-bond donors (Lipinski definition) is 3. The van der Waals surface area contributed by atoms with Gasteiger partial charge in [-0.25, -0.2) is 13.2 Å². The SMILES string of the molecule is C[C@]1(NC(=O)CNC(=O)N2CCc3c([nH]c4ccccc34)C2)CCS(=O)(=O)C1. The molecule has 1 fully saturated rings. The maximum atomic E-state index is 12.5. The lowest BCUT2D eigenvalue weighted by Crippen LogP contribution is -2.52. The number of hydrogen-bond acceptors (Lipinski definition) is 4. The van der Waals surface area contributed by atoms with Gasteiger partial charge in [-0.15, -0.1) is 0 Å². The molecular formula is C19H24N4O4S. The Labute approximate surface area is 163 Å². The van der Waals surface area contributed by atoms with Crippen LogP contribution in [0.4, 0.5) is 4.79 Å². The van der Waals surface area contributed by atoms with Gasteiger partial charge in [0, 0.05) is 23.1 Å². The van der Waals surface area contributed by atoms with Gasteiger partial charge in [0.25, 0.3) is 0 Å². The first-order chi connectivity index (χ1) is 13.2. The van der Waals surface area contributed by atoms with Crippen LogP contribution in [0.5, 0.6) is 0 Å². The maximum Gasteiger partial charge on any atom is 0.318 e. The number of carbonyl (C=O) groups is 2. The quantitative estimate of drug-likeness (QED) is 0.707. The molecule has 3 heterocycles. The number of H-pyrrole nitrogens is 1. The third-order valence-corrected chi connectivity index (χ3v) is 7.42. The number of nitrogens with zero attached hydrogens (tertiary/aromatic N) is 1. The Bertz CT molecular complexity index is 1050. The van der Waals surface area contributed by atoms with E-state index >= 15 is 0 Å². The van der Waals surface area contributed by atoms with Crippen LogP contribution < -0.4 is 10.6 Å². The molecule has 3 N–H and O–H groups in total. The van der Waals surface area contributed by atoms with E-state index < -0.39 is 15.4 Å². The summed E-state index contributed by atoms with van der Waals surface area (Å²) in [5.74, 6) is -0.359. The van der Waals surface area contributed by atoms with Crippen molar-refractivity contribution in [1.29, 1.82) is 0 Å². The fraction of sp³-hybridized carbons (Fsp3) is 0.474. The van der Waals surface area contributed by atoms with E-state index in [4.69, 9.17) is 0 Å². The van der Waals surface area contributed by atoms with E-state index in [1.165, 1.54) is 10.9 Å². The molecule has 28 heavy (non-hydrogen) atoms. The van der Waals surface area contributed by atoms with Crippen molar-refractivity contribution in [3.05, 3.63) is 35.5 Å². The molecule has 150 valence electrons. The van der Waals surface area contributed by atoms with Gasteiger partial charge in [0.1, 0.15) is 0 Å². The molecule has 2 aliphatic heterocycles. The van der Waals surface area contributed by atoms with Gasteiger partial charge in [0.15, 0.2) is 9.84 Å². The second-order valence-corrected chi connectivity index (χ2v) is 10.1. The number of aromatic amines is 1. The number of rotatable bonds is 3. The molecule has 1 atom stereocenters. The van der Waals surface area contributed by atoms with Gasteiger partial charge < -0.3 is 20.5 Å². The summed E-state index contributed by atoms with van der Waals surface area (Å²) >= 11 is 0. The van der Waals surface area contributed by atoms with E-state index in [0.29, 0.717) is 19.5 Å². The van der Waals surface area contributed by atoms with Crippen molar-refractivity contribution in [2.45, 2.75) is 31.8 Å². The van der Waals surface area contributed by atoms with Crippen molar-refractivity contribution in [2.75, 3.05) is 24.6 Å². The van der Waals surface area contributed by atoms with Gasteiger partial charge in [-0.2, -0.15) is 0 Å². The lowest BCUT2D eigenvalue weighted by Gasteiger charge is -2.28. The number of amides is 3. The molecule has 0 spiro atoms. The van der Waals surface area contributed by atoms with Crippen molar-refractivity contribution in [3.63, 3.8) is 0 Å². The fourth-order valence-corrected chi connectivity index (χ4v) is 6.22. The zero-order chi connectivity index (χ0) is 19.9. The smallest absolute Gasteiger partial charge is 0.318 e. The first kappa shape index (κ1) is 18.8. The minimum absolute atomic E-state index is 0.0605. The average molecular weight is 404 g/mol. The van der Waals surface area contributed by atoms with E-state index in [2.05, 4.69) is 21.7 Å². The molecule has 0 saturated carbocycles. The summed E-state index contributed by atoms with van der Waals surface area (Å²) in [6.07, 6.45) is 1.15. The Morgan fingerprint density at radius 2 is 2.07 bits per heavy atom. The highest BCUT2D eigenvalue weighted by Gasteiger charge is 2.39. The summed E-state index contributed by atoms with van der Waals surface area (Å²) in [5.41, 5.74) is 2.57. The van der Waals surface area contributed by atoms with Crippen molar-refractivity contribution in [2.24, 2.45) is 0 Å². The second-order valence-electron chi connectivity index (χ2n) is 7.91. The summed E-state index contributed by atoms with van der Waals surface area (Å²) < 4.78 is 23.3. The Morgan fingerprint density at radius 3 is 2.82 bits per heavy atom. The van der Waals surface area contributed by atoms with Crippen molar-refractivity contribution < 1.29 is 18.0 Å². The van der Waals surface area contributed by atoms with Crippen LogP contribution >= 0.6 is 0 Å². The fourth-order valence-electron chi connectivity index (χ4n) is 4.12. The summed E-state index contributed by atoms with van der Waals surface area (Å²) in [4.78, 5) is 29.7. The number of carbonyl (C=O) groups excluding carboxylic acids is 2. The van der Waals surface area contributed by atoms with Crippen molar-refractivity contribution in [1.82, 2.24) is 20.5 Å². The first-order valence-corrected chi connectivity index (χ1v) is 11.2. The molecule has 2 aliphatic rings. The second kappa shape index (κ2) is 6.80. The van der Waals surface area contributed by atoms with Crippen LogP contribution in [0.3, 0.4) is 0 Å². The Morgan fingerprint density at radius 1 is 1.29 bits per heavy atom. The maximum absolute atomic E-state index is 12.5. The minimum Gasteiger partial charge on any atom is -0.357 e. The van der Waals surface area contributed by atoms with E-state index in [1.54, 1.807) is 11.8 Å². The summed E-state index contributed by atoms with van der Waals surface area (Å²) in [6.45, 7) is 2.59. The number of nitrogens with one attached hydrogen (secondary N) is 3. The number of benzene rings is 1. The lowest BCUT2D eigenvalue weighted by molar-refractivity contribution is -0.121. The summed E-state index contributed by atoms with van der Waals surface area (Å²) in [6, 6.07) is 7.78. The van der Waals surface area contributed by atoms with E-state index in [-0.39, 0.29) is 30.0 Å². The Balaban J connectivity index is 1.33. The van der Waals surface area contributed by atoms with Gasteiger partial charge in [-0.1, -0.05) is 18.2 Å². The topological polar surface area (TPSA) is 111 Å². The molecule has 4 rings (SSSR count). The van der Waals surface area contributed by atoms with Crippen LogP contribution in [0.15, 0.2) is 24.3 Å². The van der Waals surface area contributed by atoms with Gasteiger partial charge in [-0.3, -0.25) is 4.79 Å². The lowest BCUT2D eigenvalue weighted by atomic mass is 10.0. The number of aromatic nitrogens is 1. The molecule has 8 nitrogen and oxygen atoms in total. The number of sulfone groups is 1. The zero-order valence-electron chi connectivity index (χ0n) is 15.7. The van der Waals surface area contributed by atoms with Crippen LogP contribution in [-0.4, -0.2) is 60.4 Å². The minimum atomic E-state index is -3.10. The predicted octanol–water partition coefficient (Wildman–Crippen LogP) is 0.929. The van der Waals surface area contributed by atoms with E-state index in [9.17, 15) is 18.0 Å². The van der Waals surface area contributed by atoms with Crippen LogP contribution in [-0.2, 0) is 27.6 Å². The normalized spacial score (nSPS) is 23.4. The van der Waals surface area contributed by atoms with Crippen molar-refractivity contribution >= 4 is 32.7 Å². The van der Waals surface area contributed by atoms with Crippen LogP contribution in [0.1, 0.15) is 24.6 Å². The number of para-hydroxylation sites is 1. The number of urea groups is 1. The van der Waals surface area contributed by atoms with Crippen LogP contribution in [0.2, 0.25) is 0 Å². The average Bonchev–Trinajstić information content (AvgIpc) is 3.15. The Kier molecular flexibility index (Phi) is 4.57. The summed E-state index contributed by atoms with van der Waals surface area (Å²) in [5, 5.41) is 6.58. The highest BCUT2D eigenvalue weighted by atomic mass is 32.2. The van der Waals surface area contributed by atoms with Crippen LogP contribution in [0.25, 0.3) is 10.9 Å². The van der Waals surface area contributed by atoms with E-state index in [0.717, 1.165) is 17.6 Å². The standard InChI is InChI=1S/C19H24N4O4S/c1-19(7-9-28(26,27)12-19)22-17(24)10-20-18(25)23-8-6-14-13-4-2-3-5-15(13)21-16(14)11-23/h2-5,21H,6-12H2,1H3,(H,20,25)(H,22,24)/t19-/m0/s1. The largest absolute Gasteiger partial charge is 0.357 e. The third kappa shape index (κ3) is 3.71. The first-order valence-electron chi connectivity index (χ1n) is 9.37. The molecular weight excluding hydrogens is 380 g/mol. The third-order valence-electron chi connectivity index (χ3n) is 5.51. The molecule has 3 amide bonds. The molecule has 9 heteroatoms. The van der Waals surface area contributed by atoms with Gasteiger partial charge >= 0.3 is 6.03 Å². The molecule has 1 saturated heterocycles. The van der Waals surface area contributed by atoms with E-state index in [1.807, 2.05) is 18.2 Å². The molecule has 2 aromatic rings. The highest BCUT2D eigenvalue weighted by Crippen LogP contribution is 2.27. The molecule has 1 aromatic heterocycles. The molecule has 0 radical (unpaired) electrons.